The molecule has 0 radical (unpaired) electrons. The standard InChI is InChI=1S/C25H28ClN9O4/c1-4-34(5-2)14-19-22(35(33-29-19)24-23(27)31-39-32-24)25(36)30-28-13-16-10-11-20(37-3)17(12-16)15-38-21-9-7-6-8-18(21)26/h6-13H,4-5,14-15H2,1-3H3,(H2,27,31)(H,30,36)/b28-13+. The summed E-state index contributed by atoms with van der Waals surface area (Å²) in [5.74, 6) is 0.660. The number of carbonyl (C=O) groups excluding carboxylic acids is 1. The fourth-order valence-electron chi connectivity index (χ4n) is 3.72. The van der Waals surface area contributed by atoms with Crippen molar-refractivity contribution in [2.24, 2.45) is 5.10 Å². The van der Waals surface area contributed by atoms with Crippen molar-refractivity contribution in [1.29, 1.82) is 0 Å². The number of anilines is 1. The minimum atomic E-state index is -0.559. The Morgan fingerprint density at radius 2 is 2.00 bits per heavy atom. The number of para-hydroxylation sites is 1. The van der Waals surface area contributed by atoms with E-state index < -0.39 is 5.91 Å². The number of hydrogen-bond donors (Lipinski definition) is 2. The molecule has 0 atom stereocenters. The van der Waals surface area contributed by atoms with Crippen LogP contribution in [0.15, 0.2) is 52.2 Å². The van der Waals surface area contributed by atoms with Crippen LogP contribution in [0.2, 0.25) is 5.02 Å². The molecule has 14 heteroatoms. The van der Waals surface area contributed by atoms with E-state index in [9.17, 15) is 4.79 Å². The third-order valence-corrected chi connectivity index (χ3v) is 6.14. The van der Waals surface area contributed by atoms with Gasteiger partial charge in [0, 0.05) is 12.1 Å². The number of ether oxygens (including phenoxy) is 2. The highest BCUT2D eigenvalue weighted by atomic mass is 35.5. The molecule has 0 spiro atoms. The van der Waals surface area contributed by atoms with Crippen LogP contribution in [0.5, 0.6) is 11.5 Å². The van der Waals surface area contributed by atoms with Crippen molar-refractivity contribution >= 4 is 29.5 Å². The van der Waals surface area contributed by atoms with Gasteiger partial charge in [0.1, 0.15) is 23.8 Å². The number of rotatable bonds is 12. The Bertz CT molecular complexity index is 1450. The molecule has 3 N–H and O–H groups in total. The van der Waals surface area contributed by atoms with Crippen LogP contribution in [-0.2, 0) is 13.2 Å². The van der Waals surface area contributed by atoms with Crippen LogP contribution >= 0.6 is 11.6 Å². The molecule has 2 aromatic carbocycles. The summed E-state index contributed by atoms with van der Waals surface area (Å²) in [5.41, 5.74) is 10.4. The van der Waals surface area contributed by atoms with Gasteiger partial charge in [-0.1, -0.05) is 42.8 Å². The van der Waals surface area contributed by atoms with Gasteiger partial charge in [0.25, 0.3) is 5.91 Å². The normalized spacial score (nSPS) is 11.3. The zero-order valence-corrected chi connectivity index (χ0v) is 22.4. The molecule has 13 nitrogen and oxygen atoms in total. The average molecular weight is 554 g/mol. The molecule has 0 fully saturated rings. The Kier molecular flexibility index (Phi) is 9.07. The van der Waals surface area contributed by atoms with Gasteiger partial charge in [-0.05, 0) is 59.3 Å². The Morgan fingerprint density at radius 3 is 2.69 bits per heavy atom. The molecule has 0 aliphatic heterocycles. The van der Waals surface area contributed by atoms with Crippen molar-refractivity contribution in [3.63, 3.8) is 0 Å². The summed E-state index contributed by atoms with van der Waals surface area (Å²) < 4.78 is 17.2. The molecule has 1 amide bonds. The minimum Gasteiger partial charge on any atom is -0.496 e. The summed E-state index contributed by atoms with van der Waals surface area (Å²) in [6.07, 6.45) is 1.50. The molecule has 2 aromatic heterocycles. The van der Waals surface area contributed by atoms with Crippen molar-refractivity contribution in [3.05, 3.63) is 70.0 Å². The number of nitrogen functional groups attached to an aromatic ring is 1. The Labute approximate surface area is 229 Å². The van der Waals surface area contributed by atoms with Crippen molar-refractivity contribution in [3.8, 4) is 17.3 Å². The van der Waals surface area contributed by atoms with E-state index in [-0.39, 0.29) is 23.9 Å². The van der Waals surface area contributed by atoms with Gasteiger partial charge in [-0.15, -0.1) is 5.10 Å². The SMILES string of the molecule is CCN(CC)Cc1nnn(-c2nonc2N)c1C(=O)N/N=C/c1ccc(OC)c(COc2ccccc2Cl)c1. The average Bonchev–Trinajstić information content (AvgIpc) is 3.56. The highest BCUT2D eigenvalue weighted by Gasteiger charge is 2.25. The van der Waals surface area contributed by atoms with E-state index in [1.54, 1.807) is 31.4 Å². The number of nitrogens with two attached hydrogens (primary N) is 1. The summed E-state index contributed by atoms with van der Waals surface area (Å²) >= 11 is 6.19. The van der Waals surface area contributed by atoms with E-state index in [0.717, 1.165) is 18.7 Å². The van der Waals surface area contributed by atoms with Gasteiger partial charge in [-0.25, -0.2) is 10.1 Å². The largest absolute Gasteiger partial charge is 0.496 e. The number of hydrazone groups is 1. The molecule has 0 aliphatic carbocycles. The molecule has 0 unspecified atom stereocenters. The van der Waals surface area contributed by atoms with Crippen LogP contribution < -0.4 is 20.6 Å². The second kappa shape index (κ2) is 12.8. The number of nitrogens with zero attached hydrogens (tertiary/aromatic N) is 7. The lowest BCUT2D eigenvalue weighted by molar-refractivity contribution is 0.0945. The molecular weight excluding hydrogens is 526 g/mol. The summed E-state index contributed by atoms with van der Waals surface area (Å²) in [6, 6.07) is 12.6. The molecule has 4 rings (SSSR count). The monoisotopic (exact) mass is 553 g/mol. The van der Waals surface area contributed by atoms with E-state index in [2.05, 4.69) is 40.7 Å². The van der Waals surface area contributed by atoms with Crippen LogP contribution in [0.4, 0.5) is 5.82 Å². The number of hydrogen-bond acceptors (Lipinski definition) is 11. The van der Waals surface area contributed by atoms with E-state index in [1.165, 1.54) is 10.9 Å². The number of halogens is 1. The first kappa shape index (κ1) is 27.5. The number of methoxy groups -OCH3 is 1. The van der Waals surface area contributed by atoms with Crippen molar-refractivity contribution in [2.45, 2.75) is 27.0 Å². The third kappa shape index (κ3) is 6.51. The summed E-state index contributed by atoms with van der Waals surface area (Å²) in [5, 5.41) is 20.2. The highest BCUT2D eigenvalue weighted by molar-refractivity contribution is 6.32. The van der Waals surface area contributed by atoms with Crippen LogP contribution in [0.3, 0.4) is 0 Å². The molecule has 0 saturated carbocycles. The fourth-order valence-corrected chi connectivity index (χ4v) is 3.91. The first-order valence-electron chi connectivity index (χ1n) is 12.1. The molecule has 4 aromatic rings. The summed E-state index contributed by atoms with van der Waals surface area (Å²) in [7, 11) is 1.58. The Hall–Kier alpha value is -4.49. The Balaban J connectivity index is 1.53. The second-order valence-corrected chi connectivity index (χ2v) is 8.63. The lowest BCUT2D eigenvalue weighted by atomic mass is 10.1. The maximum absolute atomic E-state index is 13.2. The zero-order chi connectivity index (χ0) is 27.8. The van der Waals surface area contributed by atoms with Gasteiger partial charge in [0.2, 0.25) is 11.6 Å². The maximum atomic E-state index is 13.2. The number of nitrogens with one attached hydrogen (secondary N) is 1. The Morgan fingerprint density at radius 1 is 1.21 bits per heavy atom. The number of carbonyl (C=O) groups is 1. The maximum Gasteiger partial charge on any atom is 0.292 e. The summed E-state index contributed by atoms with van der Waals surface area (Å²) in [6.45, 7) is 6.15. The highest BCUT2D eigenvalue weighted by Crippen LogP contribution is 2.26. The van der Waals surface area contributed by atoms with Crippen LogP contribution in [-0.4, -0.2) is 62.5 Å². The van der Waals surface area contributed by atoms with E-state index in [1.807, 2.05) is 32.0 Å². The first-order chi connectivity index (χ1) is 18.9. The van der Waals surface area contributed by atoms with Gasteiger partial charge in [0.15, 0.2) is 5.69 Å². The lowest BCUT2D eigenvalue weighted by Gasteiger charge is -2.16. The lowest BCUT2D eigenvalue weighted by Crippen LogP contribution is -2.27. The smallest absolute Gasteiger partial charge is 0.292 e. The zero-order valence-electron chi connectivity index (χ0n) is 21.7. The fraction of sp³-hybridized carbons (Fsp3) is 0.280. The number of amides is 1. The minimum absolute atomic E-state index is 0.0309. The first-order valence-corrected chi connectivity index (χ1v) is 12.5. The van der Waals surface area contributed by atoms with Gasteiger partial charge in [-0.3, -0.25) is 9.69 Å². The molecule has 204 valence electrons. The van der Waals surface area contributed by atoms with Crippen LogP contribution in [0.25, 0.3) is 5.82 Å². The second-order valence-electron chi connectivity index (χ2n) is 8.22. The summed E-state index contributed by atoms with van der Waals surface area (Å²) in [4.78, 5) is 15.3. The molecule has 2 heterocycles. The predicted octanol–water partition coefficient (Wildman–Crippen LogP) is 3.08. The van der Waals surface area contributed by atoms with Crippen LogP contribution in [0, 0.1) is 0 Å². The number of aromatic nitrogens is 5. The van der Waals surface area contributed by atoms with E-state index in [4.69, 9.17) is 26.8 Å². The topological polar surface area (TPSA) is 159 Å². The molecule has 0 bridgehead atoms. The number of benzene rings is 2. The van der Waals surface area contributed by atoms with Crippen molar-refractivity contribution in [1.82, 2.24) is 35.6 Å². The van der Waals surface area contributed by atoms with Gasteiger partial charge < -0.3 is 15.2 Å². The molecular formula is C25H28ClN9O4. The van der Waals surface area contributed by atoms with Gasteiger partial charge in [-0.2, -0.15) is 9.78 Å². The van der Waals surface area contributed by atoms with Gasteiger partial charge >= 0.3 is 0 Å². The molecule has 0 saturated heterocycles. The molecule has 0 aliphatic rings. The van der Waals surface area contributed by atoms with Crippen LogP contribution in [0.1, 0.15) is 41.2 Å². The quantitative estimate of drug-likeness (QED) is 0.197. The van der Waals surface area contributed by atoms with E-state index in [0.29, 0.717) is 34.3 Å². The van der Waals surface area contributed by atoms with E-state index >= 15 is 0 Å². The predicted molar refractivity (Wildman–Crippen MR) is 144 cm³/mol. The molecule has 39 heavy (non-hydrogen) atoms. The van der Waals surface area contributed by atoms with Crippen molar-refractivity contribution < 1.29 is 18.9 Å². The van der Waals surface area contributed by atoms with Crippen molar-refractivity contribution in [2.75, 3.05) is 25.9 Å². The van der Waals surface area contributed by atoms with Gasteiger partial charge in [0.05, 0.1) is 18.3 Å². The third-order valence-electron chi connectivity index (χ3n) is 5.82.